The third-order valence-electron chi connectivity index (χ3n) is 2.08. The summed E-state index contributed by atoms with van der Waals surface area (Å²) in [6.07, 6.45) is 1.69. The highest BCUT2D eigenvalue weighted by Gasteiger charge is 1.99. The smallest absolute Gasteiger partial charge is 0.140 e. The van der Waals surface area contributed by atoms with Crippen LogP contribution in [0.2, 0.25) is 0 Å². The van der Waals surface area contributed by atoms with Gasteiger partial charge < -0.3 is 5.73 Å². The van der Waals surface area contributed by atoms with Crippen molar-refractivity contribution >= 4 is 17.6 Å². The number of rotatable bonds is 3. The fraction of sp³-hybridized carbons (Fsp3) is 0.167. The first-order valence-electron chi connectivity index (χ1n) is 5.01. The molecule has 0 aliphatic carbocycles. The van der Waals surface area contributed by atoms with Gasteiger partial charge >= 0.3 is 0 Å². The molecule has 0 bridgehead atoms. The highest BCUT2D eigenvalue weighted by molar-refractivity contribution is 7.98. The van der Waals surface area contributed by atoms with Crippen LogP contribution in [0.4, 0.5) is 5.82 Å². The summed E-state index contributed by atoms with van der Waals surface area (Å²) in [6.45, 7) is 2.08. The van der Waals surface area contributed by atoms with E-state index in [-0.39, 0.29) is 0 Å². The number of benzene rings is 1. The fourth-order valence-electron chi connectivity index (χ4n) is 1.34. The molecule has 4 heteroatoms. The van der Waals surface area contributed by atoms with Gasteiger partial charge in [0.05, 0.1) is 5.75 Å². The Kier molecular flexibility index (Phi) is 3.41. The van der Waals surface area contributed by atoms with Crippen LogP contribution >= 0.6 is 11.8 Å². The van der Waals surface area contributed by atoms with Crippen molar-refractivity contribution in [3.8, 4) is 0 Å². The van der Waals surface area contributed by atoms with Crippen LogP contribution in [0.25, 0.3) is 0 Å². The Hall–Kier alpha value is -1.55. The topological polar surface area (TPSA) is 51.8 Å². The SMILES string of the molecule is Cc1cccc(SCc2nccc(N)n2)c1. The average Bonchev–Trinajstić information content (AvgIpc) is 2.27. The van der Waals surface area contributed by atoms with Gasteiger partial charge in [0.2, 0.25) is 0 Å². The number of thioether (sulfide) groups is 1. The Morgan fingerprint density at radius 3 is 2.94 bits per heavy atom. The first-order valence-corrected chi connectivity index (χ1v) is 5.99. The van der Waals surface area contributed by atoms with Crippen molar-refractivity contribution in [3.63, 3.8) is 0 Å². The van der Waals surface area contributed by atoms with Gasteiger partial charge in [-0.1, -0.05) is 17.7 Å². The molecule has 2 rings (SSSR count). The molecule has 3 nitrogen and oxygen atoms in total. The number of anilines is 1. The van der Waals surface area contributed by atoms with E-state index < -0.39 is 0 Å². The van der Waals surface area contributed by atoms with E-state index >= 15 is 0 Å². The zero-order valence-corrected chi connectivity index (χ0v) is 9.87. The van der Waals surface area contributed by atoms with Crippen LogP contribution in [0, 0.1) is 6.92 Å². The third kappa shape index (κ3) is 2.97. The Bertz CT molecular complexity index is 440. The lowest BCUT2D eigenvalue weighted by Crippen LogP contribution is -1.96. The molecule has 2 aromatic rings. The predicted octanol–water partition coefficient (Wildman–Crippen LogP) is 2.66. The van der Waals surface area contributed by atoms with Crippen LogP contribution in [0.1, 0.15) is 11.4 Å². The van der Waals surface area contributed by atoms with Crippen molar-refractivity contribution in [2.24, 2.45) is 0 Å². The van der Waals surface area contributed by atoms with E-state index in [0.717, 1.165) is 11.6 Å². The van der Waals surface area contributed by atoms with Crippen molar-refractivity contribution in [3.05, 3.63) is 47.9 Å². The Balaban J connectivity index is 2.02. The monoisotopic (exact) mass is 231 g/mol. The summed E-state index contributed by atoms with van der Waals surface area (Å²) in [5.41, 5.74) is 6.85. The van der Waals surface area contributed by atoms with E-state index in [9.17, 15) is 0 Å². The van der Waals surface area contributed by atoms with Gasteiger partial charge in [0.15, 0.2) is 0 Å². The first kappa shape index (κ1) is 11.0. The average molecular weight is 231 g/mol. The molecular formula is C12H13N3S. The molecule has 0 radical (unpaired) electrons. The van der Waals surface area contributed by atoms with Crippen molar-refractivity contribution in [2.45, 2.75) is 17.6 Å². The van der Waals surface area contributed by atoms with Crippen LogP contribution in [-0.4, -0.2) is 9.97 Å². The van der Waals surface area contributed by atoms with Crippen molar-refractivity contribution in [2.75, 3.05) is 5.73 Å². The van der Waals surface area contributed by atoms with Crippen LogP contribution < -0.4 is 5.73 Å². The maximum atomic E-state index is 5.59. The van der Waals surface area contributed by atoms with Gasteiger partial charge in [0, 0.05) is 11.1 Å². The molecule has 0 aliphatic rings. The van der Waals surface area contributed by atoms with Gasteiger partial charge in [0.1, 0.15) is 11.6 Å². The van der Waals surface area contributed by atoms with E-state index in [1.807, 2.05) is 0 Å². The zero-order chi connectivity index (χ0) is 11.4. The van der Waals surface area contributed by atoms with Gasteiger partial charge in [-0.15, -0.1) is 11.8 Å². The summed E-state index contributed by atoms with van der Waals surface area (Å²) in [4.78, 5) is 9.55. The molecule has 2 N–H and O–H groups in total. The lowest BCUT2D eigenvalue weighted by Gasteiger charge is -2.02. The number of hydrogen-bond acceptors (Lipinski definition) is 4. The molecule has 0 atom stereocenters. The number of hydrogen-bond donors (Lipinski definition) is 1. The minimum atomic E-state index is 0.523. The molecule has 0 aliphatic heterocycles. The van der Waals surface area contributed by atoms with Gasteiger partial charge in [-0.3, -0.25) is 0 Å². The molecule has 1 aromatic heterocycles. The lowest BCUT2D eigenvalue weighted by atomic mass is 10.2. The van der Waals surface area contributed by atoms with Gasteiger partial charge in [-0.2, -0.15) is 0 Å². The van der Waals surface area contributed by atoms with Crippen LogP contribution in [-0.2, 0) is 5.75 Å². The second kappa shape index (κ2) is 4.99. The molecule has 16 heavy (non-hydrogen) atoms. The molecule has 0 fully saturated rings. The quantitative estimate of drug-likeness (QED) is 0.825. The number of nitrogens with zero attached hydrogens (tertiary/aromatic N) is 2. The largest absolute Gasteiger partial charge is 0.384 e. The summed E-state index contributed by atoms with van der Waals surface area (Å²) in [6, 6.07) is 10.1. The highest BCUT2D eigenvalue weighted by Crippen LogP contribution is 2.21. The van der Waals surface area contributed by atoms with Gasteiger partial charge in [-0.05, 0) is 25.1 Å². The second-order valence-corrected chi connectivity index (χ2v) is 4.55. The first-order chi connectivity index (χ1) is 7.74. The minimum Gasteiger partial charge on any atom is -0.384 e. The van der Waals surface area contributed by atoms with E-state index in [0.29, 0.717) is 5.82 Å². The van der Waals surface area contributed by atoms with E-state index in [1.54, 1.807) is 24.0 Å². The van der Waals surface area contributed by atoms with Crippen molar-refractivity contribution < 1.29 is 0 Å². The molecule has 0 unspecified atom stereocenters. The molecule has 82 valence electrons. The standard InChI is InChI=1S/C12H13N3S/c1-9-3-2-4-10(7-9)16-8-12-14-6-5-11(13)15-12/h2-7H,8H2,1H3,(H2,13,14,15). The van der Waals surface area contributed by atoms with Crippen LogP contribution in [0.15, 0.2) is 41.4 Å². The number of aromatic nitrogens is 2. The summed E-state index contributed by atoms with van der Waals surface area (Å²) in [5, 5.41) is 0. The molecule has 1 aromatic carbocycles. The number of aryl methyl sites for hydroxylation is 1. The molecule has 0 amide bonds. The lowest BCUT2D eigenvalue weighted by molar-refractivity contribution is 1.04. The minimum absolute atomic E-state index is 0.523. The second-order valence-electron chi connectivity index (χ2n) is 3.50. The third-order valence-corrected chi connectivity index (χ3v) is 3.07. The van der Waals surface area contributed by atoms with Gasteiger partial charge in [0.25, 0.3) is 0 Å². The number of nitrogen functional groups attached to an aromatic ring is 1. The van der Waals surface area contributed by atoms with E-state index in [1.165, 1.54) is 10.5 Å². The maximum absolute atomic E-state index is 5.59. The highest BCUT2D eigenvalue weighted by atomic mass is 32.2. The zero-order valence-electron chi connectivity index (χ0n) is 9.05. The van der Waals surface area contributed by atoms with Gasteiger partial charge in [-0.25, -0.2) is 9.97 Å². The normalized spacial score (nSPS) is 10.3. The summed E-state index contributed by atoms with van der Waals surface area (Å²) < 4.78 is 0. The van der Waals surface area contributed by atoms with Crippen molar-refractivity contribution in [1.29, 1.82) is 0 Å². The van der Waals surface area contributed by atoms with E-state index in [4.69, 9.17) is 5.73 Å². The fourth-order valence-corrected chi connectivity index (χ4v) is 2.22. The Labute approximate surface area is 99.1 Å². The summed E-state index contributed by atoms with van der Waals surface area (Å²) in [5.74, 6) is 2.04. The Morgan fingerprint density at radius 2 is 2.19 bits per heavy atom. The molecule has 1 heterocycles. The van der Waals surface area contributed by atoms with Crippen LogP contribution in [0.5, 0.6) is 0 Å². The molecule has 0 saturated carbocycles. The van der Waals surface area contributed by atoms with E-state index in [2.05, 4.69) is 41.2 Å². The molecule has 0 spiro atoms. The van der Waals surface area contributed by atoms with Crippen LogP contribution in [0.3, 0.4) is 0 Å². The van der Waals surface area contributed by atoms with Crippen molar-refractivity contribution in [1.82, 2.24) is 9.97 Å². The summed E-state index contributed by atoms with van der Waals surface area (Å²) in [7, 11) is 0. The number of nitrogens with two attached hydrogens (primary N) is 1. The maximum Gasteiger partial charge on any atom is 0.140 e. The summed E-state index contributed by atoms with van der Waals surface area (Å²) >= 11 is 1.72. The Morgan fingerprint density at radius 1 is 1.31 bits per heavy atom. The molecule has 0 saturated heterocycles. The molecular weight excluding hydrogens is 218 g/mol. The predicted molar refractivity (Wildman–Crippen MR) is 67.2 cm³/mol.